The third-order valence-electron chi connectivity index (χ3n) is 5.38. The maximum atomic E-state index is 12.5. The SMILES string of the molecule is CCCCCC(=O)NCCCn1c(-c2ccc(OC(F)(F)F)cc2)csc1=NCc1ccc(Cl)cc1. The molecule has 0 spiro atoms. The number of alkyl halides is 3. The van der Waals surface area contributed by atoms with Crippen LogP contribution >= 0.6 is 22.9 Å². The second-order valence-corrected chi connectivity index (χ2v) is 9.50. The first-order chi connectivity index (χ1) is 17.2. The first-order valence-corrected chi connectivity index (χ1v) is 13.1. The molecule has 0 aliphatic heterocycles. The number of nitrogens with one attached hydrogen (secondary N) is 1. The Morgan fingerprint density at radius 1 is 1.08 bits per heavy atom. The minimum absolute atomic E-state index is 0.0481. The molecule has 36 heavy (non-hydrogen) atoms. The monoisotopic (exact) mass is 539 g/mol. The van der Waals surface area contributed by atoms with E-state index in [9.17, 15) is 18.0 Å². The number of halogens is 4. The van der Waals surface area contributed by atoms with E-state index in [1.54, 1.807) is 12.1 Å². The number of carbonyl (C=O) groups is 1. The predicted molar refractivity (Wildman–Crippen MR) is 137 cm³/mol. The highest BCUT2D eigenvalue weighted by Crippen LogP contribution is 2.27. The third-order valence-corrected chi connectivity index (χ3v) is 6.53. The van der Waals surface area contributed by atoms with Crippen LogP contribution < -0.4 is 14.9 Å². The van der Waals surface area contributed by atoms with Gasteiger partial charge >= 0.3 is 6.36 Å². The molecule has 1 aromatic heterocycles. The number of benzene rings is 2. The topological polar surface area (TPSA) is 55.6 Å². The number of amides is 1. The minimum atomic E-state index is -4.74. The van der Waals surface area contributed by atoms with Gasteiger partial charge in [-0.25, -0.2) is 0 Å². The molecule has 0 radical (unpaired) electrons. The summed E-state index contributed by atoms with van der Waals surface area (Å²) in [6, 6.07) is 13.2. The Labute approximate surface area is 217 Å². The third kappa shape index (κ3) is 9.02. The molecule has 2 aromatic carbocycles. The van der Waals surface area contributed by atoms with Crippen molar-refractivity contribution in [3.8, 4) is 17.0 Å². The number of hydrogen-bond donors (Lipinski definition) is 1. The molecule has 0 atom stereocenters. The molecule has 1 amide bonds. The van der Waals surface area contributed by atoms with Crippen LogP contribution in [0.5, 0.6) is 5.75 Å². The summed E-state index contributed by atoms with van der Waals surface area (Å²) in [5.41, 5.74) is 2.59. The van der Waals surface area contributed by atoms with Crippen molar-refractivity contribution in [3.05, 3.63) is 69.3 Å². The molecular weight excluding hydrogens is 511 g/mol. The fraction of sp³-hybridized carbons (Fsp3) is 0.385. The van der Waals surface area contributed by atoms with Gasteiger partial charge in [0.1, 0.15) is 5.75 Å². The number of thiazole rings is 1. The van der Waals surface area contributed by atoms with Gasteiger partial charge in [-0.15, -0.1) is 24.5 Å². The van der Waals surface area contributed by atoms with Crippen LogP contribution in [0.15, 0.2) is 58.9 Å². The van der Waals surface area contributed by atoms with Crippen molar-refractivity contribution in [3.63, 3.8) is 0 Å². The zero-order valence-electron chi connectivity index (χ0n) is 20.0. The highest BCUT2D eigenvalue weighted by molar-refractivity contribution is 7.07. The smallest absolute Gasteiger partial charge is 0.406 e. The van der Waals surface area contributed by atoms with E-state index in [1.165, 1.54) is 23.5 Å². The second kappa shape index (κ2) is 13.5. The molecule has 0 fully saturated rings. The molecule has 0 saturated carbocycles. The lowest BCUT2D eigenvalue weighted by molar-refractivity contribution is -0.274. The van der Waals surface area contributed by atoms with Crippen LogP contribution in [0.1, 0.15) is 44.6 Å². The number of ether oxygens (including phenoxy) is 1. The van der Waals surface area contributed by atoms with Crippen LogP contribution in [0.4, 0.5) is 13.2 Å². The van der Waals surface area contributed by atoms with Crippen LogP contribution in [0.3, 0.4) is 0 Å². The number of aromatic nitrogens is 1. The van der Waals surface area contributed by atoms with Crippen molar-refractivity contribution in [1.82, 2.24) is 9.88 Å². The average molecular weight is 540 g/mol. The summed E-state index contributed by atoms with van der Waals surface area (Å²) < 4.78 is 43.6. The van der Waals surface area contributed by atoms with Crippen LogP contribution in [0.2, 0.25) is 5.02 Å². The van der Waals surface area contributed by atoms with Gasteiger partial charge in [0.2, 0.25) is 5.91 Å². The molecule has 1 N–H and O–H groups in total. The zero-order chi connectivity index (χ0) is 26.0. The Kier molecular flexibility index (Phi) is 10.4. The Balaban J connectivity index is 1.76. The lowest BCUT2D eigenvalue weighted by atomic mass is 10.1. The Morgan fingerprint density at radius 3 is 2.47 bits per heavy atom. The first kappa shape index (κ1) is 27.8. The van der Waals surface area contributed by atoms with Crippen molar-refractivity contribution in [2.45, 2.75) is 58.5 Å². The van der Waals surface area contributed by atoms with Crippen molar-refractivity contribution in [2.75, 3.05) is 6.54 Å². The Hall–Kier alpha value is -2.78. The van der Waals surface area contributed by atoms with Gasteiger partial charge < -0.3 is 14.6 Å². The molecule has 5 nitrogen and oxygen atoms in total. The summed E-state index contributed by atoms with van der Waals surface area (Å²) in [7, 11) is 0. The number of nitrogens with zero attached hydrogens (tertiary/aromatic N) is 2. The summed E-state index contributed by atoms with van der Waals surface area (Å²) >= 11 is 7.42. The average Bonchev–Trinajstić information content (AvgIpc) is 3.24. The Bertz CT molecular complexity index is 1170. The number of carbonyl (C=O) groups excluding carboxylic acids is 1. The lowest BCUT2D eigenvalue weighted by Crippen LogP contribution is -2.26. The van der Waals surface area contributed by atoms with Gasteiger partial charge in [-0.3, -0.25) is 9.79 Å². The molecule has 194 valence electrons. The van der Waals surface area contributed by atoms with Gasteiger partial charge in [-0.05, 0) is 60.4 Å². The summed E-state index contributed by atoms with van der Waals surface area (Å²) in [6.45, 7) is 3.68. The van der Waals surface area contributed by atoms with Crippen LogP contribution in [-0.4, -0.2) is 23.4 Å². The summed E-state index contributed by atoms with van der Waals surface area (Å²) in [5.74, 6) is -0.224. The molecule has 3 aromatic rings. The molecule has 0 aliphatic rings. The summed E-state index contributed by atoms with van der Waals surface area (Å²) in [6.07, 6.45) is -0.541. The summed E-state index contributed by atoms with van der Waals surface area (Å²) in [5, 5.41) is 5.55. The number of unbranched alkanes of at least 4 members (excludes halogenated alkanes) is 2. The van der Waals surface area contributed by atoms with Crippen LogP contribution in [0.25, 0.3) is 11.3 Å². The van der Waals surface area contributed by atoms with Crippen LogP contribution in [-0.2, 0) is 17.9 Å². The lowest BCUT2D eigenvalue weighted by Gasteiger charge is -2.12. The molecule has 3 rings (SSSR count). The normalized spacial score (nSPS) is 12.1. The molecular formula is C26H29ClF3N3O2S. The molecule has 0 unspecified atom stereocenters. The molecule has 10 heteroatoms. The van der Waals surface area contributed by atoms with Crippen LogP contribution in [0, 0.1) is 0 Å². The number of rotatable bonds is 12. The van der Waals surface area contributed by atoms with E-state index in [0.29, 0.717) is 37.5 Å². The fourth-order valence-corrected chi connectivity index (χ4v) is 4.63. The van der Waals surface area contributed by atoms with Gasteiger partial charge in [0.25, 0.3) is 0 Å². The van der Waals surface area contributed by atoms with Gasteiger partial charge in [0.15, 0.2) is 4.80 Å². The second-order valence-electron chi connectivity index (χ2n) is 8.23. The molecule has 0 aliphatic carbocycles. The summed E-state index contributed by atoms with van der Waals surface area (Å²) in [4.78, 5) is 17.6. The molecule has 0 saturated heterocycles. The molecule has 1 heterocycles. The Morgan fingerprint density at radius 2 is 1.81 bits per heavy atom. The van der Waals surface area contributed by atoms with E-state index in [-0.39, 0.29) is 11.7 Å². The maximum Gasteiger partial charge on any atom is 0.573 e. The van der Waals surface area contributed by atoms with Gasteiger partial charge in [-0.2, -0.15) is 0 Å². The van der Waals surface area contributed by atoms with E-state index < -0.39 is 6.36 Å². The largest absolute Gasteiger partial charge is 0.573 e. The van der Waals surface area contributed by atoms with E-state index in [2.05, 4.69) is 17.0 Å². The van der Waals surface area contributed by atoms with Crippen molar-refractivity contribution >= 4 is 28.8 Å². The van der Waals surface area contributed by atoms with E-state index in [1.807, 2.05) is 34.2 Å². The van der Waals surface area contributed by atoms with Gasteiger partial charge in [-0.1, -0.05) is 43.5 Å². The van der Waals surface area contributed by atoms with Gasteiger partial charge in [0, 0.05) is 29.9 Å². The molecule has 0 bridgehead atoms. The van der Waals surface area contributed by atoms with Gasteiger partial charge in [0.05, 0.1) is 12.2 Å². The maximum absolute atomic E-state index is 12.5. The standard InChI is InChI=1S/C26H29ClF3N3O2S/c1-2-3-4-6-24(34)31-15-5-16-33-23(20-9-13-22(14-10-20)35-26(28,29)30)18-36-25(33)32-17-19-7-11-21(27)12-8-19/h7-14,18H,2-6,15-17H2,1H3,(H,31,34). The fourth-order valence-electron chi connectivity index (χ4n) is 3.57. The van der Waals surface area contributed by atoms with E-state index in [4.69, 9.17) is 16.6 Å². The minimum Gasteiger partial charge on any atom is -0.406 e. The quantitative estimate of drug-likeness (QED) is 0.253. The van der Waals surface area contributed by atoms with Crippen molar-refractivity contribution in [2.24, 2.45) is 4.99 Å². The zero-order valence-corrected chi connectivity index (χ0v) is 21.6. The van der Waals surface area contributed by atoms with Crippen molar-refractivity contribution < 1.29 is 22.7 Å². The van der Waals surface area contributed by atoms with E-state index in [0.717, 1.165) is 40.9 Å². The highest BCUT2D eigenvalue weighted by atomic mass is 35.5. The van der Waals surface area contributed by atoms with E-state index >= 15 is 0 Å². The van der Waals surface area contributed by atoms with Crippen molar-refractivity contribution in [1.29, 1.82) is 0 Å². The number of hydrogen-bond acceptors (Lipinski definition) is 4. The first-order valence-electron chi connectivity index (χ1n) is 11.8. The predicted octanol–water partition coefficient (Wildman–Crippen LogP) is 6.96. The highest BCUT2D eigenvalue weighted by Gasteiger charge is 2.31.